The molecule has 1 nitrogen and oxygen atoms in total. The fourth-order valence-electron chi connectivity index (χ4n) is 1.85. The Hall–Kier alpha value is -1.16. The third-order valence-electron chi connectivity index (χ3n) is 2.65. The minimum absolute atomic E-state index is 0.120. The van der Waals surface area contributed by atoms with E-state index < -0.39 is 0 Å². The second-order valence-electron chi connectivity index (χ2n) is 3.59. The molecular weight excluding hydrogens is 236 g/mol. The molecule has 3 rings (SSSR count). The molecule has 0 aliphatic rings. The minimum atomic E-state index is 0.120. The first-order valence-electron chi connectivity index (χ1n) is 5.03. The van der Waals surface area contributed by atoms with Crippen LogP contribution in [0.25, 0.3) is 21.2 Å². The number of aliphatic hydroxyl groups is 1. The number of benzene rings is 1. The molecule has 80 valence electrons. The van der Waals surface area contributed by atoms with Gasteiger partial charge in [-0.25, -0.2) is 0 Å². The number of fused-ring (bicyclic) bond motifs is 1. The van der Waals surface area contributed by atoms with Crippen LogP contribution in [0.15, 0.2) is 41.1 Å². The van der Waals surface area contributed by atoms with Crippen molar-refractivity contribution < 1.29 is 5.11 Å². The minimum Gasteiger partial charge on any atom is -0.391 e. The van der Waals surface area contributed by atoms with E-state index in [1.165, 1.54) is 15.6 Å². The van der Waals surface area contributed by atoms with Crippen LogP contribution in [0.3, 0.4) is 0 Å². The van der Waals surface area contributed by atoms with E-state index in [0.717, 1.165) is 10.4 Å². The van der Waals surface area contributed by atoms with E-state index in [1.54, 1.807) is 22.7 Å². The van der Waals surface area contributed by atoms with Crippen molar-refractivity contribution in [2.75, 3.05) is 0 Å². The standard InChI is InChI=1S/C13H10OS2/c14-8-13-11(4-6-16-13)9-1-2-12-10(7-9)3-5-15-12/h1-7,14H,8H2. The zero-order valence-corrected chi connectivity index (χ0v) is 10.1. The van der Waals surface area contributed by atoms with E-state index in [-0.39, 0.29) is 6.61 Å². The molecule has 0 saturated carbocycles. The lowest BCUT2D eigenvalue weighted by molar-refractivity contribution is 0.286. The van der Waals surface area contributed by atoms with Crippen LogP contribution >= 0.6 is 22.7 Å². The average Bonchev–Trinajstić information content (AvgIpc) is 2.96. The van der Waals surface area contributed by atoms with Crippen LogP contribution in [0, 0.1) is 0 Å². The molecule has 0 atom stereocenters. The molecule has 0 unspecified atom stereocenters. The Morgan fingerprint density at radius 2 is 1.88 bits per heavy atom. The molecule has 0 spiro atoms. The Morgan fingerprint density at radius 1 is 1.00 bits per heavy atom. The number of hydrogen-bond acceptors (Lipinski definition) is 3. The van der Waals surface area contributed by atoms with Gasteiger partial charge in [0.1, 0.15) is 0 Å². The summed E-state index contributed by atoms with van der Waals surface area (Å²) >= 11 is 3.36. The van der Waals surface area contributed by atoms with Gasteiger partial charge in [-0.15, -0.1) is 22.7 Å². The predicted octanol–water partition coefficient (Wildman–Crippen LogP) is 4.12. The van der Waals surface area contributed by atoms with Crippen molar-refractivity contribution >= 4 is 32.8 Å². The van der Waals surface area contributed by atoms with Crippen LogP contribution in [0.1, 0.15) is 4.88 Å². The highest BCUT2D eigenvalue weighted by molar-refractivity contribution is 7.17. The molecule has 16 heavy (non-hydrogen) atoms. The predicted molar refractivity (Wildman–Crippen MR) is 71.1 cm³/mol. The van der Waals surface area contributed by atoms with E-state index in [1.807, 2.05) is 5.38 Å². The van der Waals surface area contributed by atoms with Crippen molar-refractivity contribution in [2.45, 2.75) is 6.61 Å². The summed E-state index contributed by atoms with van der Waals surface area (Å²) in [4.78, 5) is 1.04. The van der Waals surface area contributed by atoms with Gasteiger partial charge in [0.25, 0.3) is 0 Å². The van der Waals surface area contributed by atoms with Gasteiger partial charge in [-0.05, 0) is 51.5 Å². The van der Waals surface area contributed by atoms with Gasteiger partial charge in [-0.1, -0.05) is 6.07 Å². The van der Waals surface area contributed by atoms with Gasteiger partial charge in [0.05, 0.1) is 6.61 Å². The number of thiophene rings is 2. The summed E-state index contributed by atoms with van der Waals surface area (Å²) in [6.45, 7) is 0.120. The molecule has 0 radical (unpaired) electrons. The van der Waals surface area contributed by atoms with E-state index in [4.69, 9.17) is 0 Å². The summed E-state index contributed by atoms with van der Waals surface area (Å²) in [5.41, 5.74) is 2.34. The van der Waals surface area contributed by atoms with E-state index in [9.17, 15) is 5.11 Å². The van der Waals surface area contributed by atoms with Crippen molar-refractivity contribution in [2.24, 2.45) is 0 Å². The Balaban J connectivity index is 2.18. The van der Waals surface area contributed by atoms with Gasteiger partial charge in [-0.2, -0.15) is 0 Å². The Morgan fingerprint density at radius 3 is 2.75 bits per heavy atom. The van der Waals surface area contributed by atoms with Gasteiger partial charge >= 0.3 is 0 Å². The number of hydrogen-bond donors (Lipinski definition) is 1. The third kappa shape index (κ3) is 1.57. The first-order chi connectivity index (χ1) is 7.88. The molecule has 2 heterocycles. The van der Waals surface area contributed by atoms with Crippen LogP contribution in [0.4, 0.5) is 0 Å². The molecule has 1 N–H and O–H groups in total. The van der Waals surface area contributed by atoms with Crippen molar-refractivity contribution in [3.63, 3.8) is 0 Å². The first kappa shape index (κ1) is 10.0. The normalized spacial score (nSPS) is 11.1. The molecule has 0 aliphatic carbocycles. The zero-order valence-electron chi connectivity index (χ0n) is 8.51. The molecule has 0 saturated heterocycles. The van der Waals surface area contributed by atoms with E-state index in [2.05, 4.69) is 35.7 Å². The van der Waals surface area contributed by atoms with Gasteiger partial charge in [0.2, 0.25) is 0 Å². The number of aliphatic hydroxyl groups excluding tert-OH is 1. The van der Waals surface area contributed by atoms with Gasteiger partial charge in [0.15, 0.2) is 0 Å². The van der Waals surface area contributed by atoms with Crippen molar-refractivity contribution in [1.29, 1.82) is 0 Å². The summed E-state index contributed by atoms with van der Waals surface area (Å²) in [7, 11) is 0. The summed E-state index contributed by atoms with van der Waals surface area (Å²) in [5.74, 6) is 0. The molecule has 0 fully saturated rings. The van der Waals surface area contributed by atoms with Crippen molar-refractivity contribution in [3.05, 3.63) is 46.0 Å². The maximum Gasteiger partial charge on any atom is 0.0780 e. The second kappa shape index (κ2) is 4.01. The lowest BCUT2D eigenvalue weighted by atomic mass is 10.1. The summed E-state index contributed by atoms with van der Waals surface area (Å²) in [6, 6.07) is 10.7. The third-order valence-corrected chi connectivity index (χ3v) is 4.46. The molecule has 0 bridgehead atoms. The zero-order chi connectivity index (χ0) is 11.0. The Bertz CT molecular complexity index is 621. The highest BCUT2D eigenvalue weighted by Crippen LogP contribution is 2.31. The van der Waals surface area contributed by atoms with Gasteiger partial charge in [0, 0.05) is 9.58 Å². The highest BCUT2D eigenvalue weighted by Gasteiger charge is 2.06. The average molecular weight is 246 g/mol. The number of rotatable bonds is 2. The highest BCUT2D eigenvalue weighted by atomic mass is 32.1. The lowest BCUT2D eigenvalue weighted by Gasteiger charge is -2.01. The Labute approximate surface area is 102 Å². The Kier molecular flexibility index (Phi) is 2.52. The smallest absolute Gasteiger partial charge is 0.0780 e. The second-order valence-corrected chi connectivity index (χ2v) is 5.54. The lowest BCUT2D eigenvalue weighted by Crippen LogP contribution is -1.81. The molecule has 1 aromatic carbocycles. The fraction of sp³-hybridized carbons (Fsp3) is 0.0769. The first-order valence-corrected chi connectivity index (χ1v) is 6.79. The van der Waals surface area contributed by atoms with E-state index in [0.29, 0.717) is 0 Å². The quantitative estimate of drug-likeness (QED) is 0.721. The molecule has 0 amide bonds. The molecule has 3 aromatic rings. The summed E-state index contributed by atoms with van der Waals surface area (Å²) in [5, 5.41) is 14.7. The van der Waals surface area contributed by atoms with Crippen molar-refractivity contribution in [3.8, 4) is 11.1 Å². The molecule has 3 heteroatoms. The largest absolute Gasteiger partial charge is 0.391 e. The molecule has 2 aromatic heterocycles. The summed E-state index contributed by atoms with van der Waals surface area (Å²) in [6.07, 6.45) is 0. The van der Waals surface area contributed by atoms with E-state index >= 15 is 0 Å². The van der Waals surface area contributed by atoms with Crippen LogP contribution in [-0.4, -0.2) is 5.11 Å². The maximum atomic E-state index is 9.25. The van der Waals surface area contributed by atoms with Crippen LogP contribution < -0.4 is 0 Å². The van der Waals surface area contributed by atoms with Gasteiger partial charge in [-0.3, -0.25) is 0 Å². The monoisotopic (exact) mass is 246 g/mol. The van der Waals surface area contributed by atoms with Crippen LogP contribution in [-0.2, 0) is 6.61 Å². The fourth-order valence-corrected chi connectivity index (χ4v) is 3.38. The maximum absolute atomic E-state index is 9.25. The van der Waals surface area contributed by atoms with Crippen LogP contribution in [0.5, 0.6) is 0 Å². The van der Waals surface area contributed by atoms with Crippen molar-refractivity contribution in [1.82, 2.24) is 0 Å². The molecular formula is C13H10OS2. The van der Waals surface area contributed by atoms with Gasteiger partial charge < -0.3 is 5.11 Å². The SMILES string of the molecule is OCc1sccc1-c1ccc2sccc2c1. The van der Waals surface area contributed by atoms with Crippen LogP contribution in [0.2, 0.25) is 0 Å². The topological polar surface area (TPSA) is 20.2 Å². The summed E-state index contributed by atoms with van der Waals surface area (Å²) < 4.78 is 1.31. The molecule has 0 aliphatic heterocycles.